The summed E-state index contributed by atoms with van der Waals surface area (Å²) in [5, 5.41) is 5.79. The van der Waals surface area contributed by atoms with Crippen LogP contribution in [0.15, 0.2) is 48.5 Å². The van der Waals surface area contributed by atoms with E-state index in [4.69, 9.17) is 4.74 Å². The molecule has 1 heterocycles. The van der Waals surface area contributed by atoms with E-state index < -0.39 is 17.8 Å². The highest BCUT2D eigenvalue weighted by molar-refractivity contribution is 5.97. The van der Waals surface area contributed by atoms with Crippen LogP contribution in [0.3, 0.4) is 0 Å². The topological polar surface area (TPSA) is 67.4 Å². The Bertz CT molecular complexity index is 820. The molecule has 6 heteroatoms. The number of benzene rings is 2. The molecule has 0 unspecified atom stereocenters. The molecule has 5 nitrogen and oxygen atoms in total. The molecule has 0 saturated carbocycles. The lowest BCUT2D eigenvalue weighted by molar-refractivity contribution is -0.124. The third-order valence-electron chi connectivity index (χ3n) is 4.62. The van der Waals surface area contributed by atoms with Crippen LogP contribution in [0.2, 0.25) is 0 Å². The first-order valence-electron chi connectivity index (χ1n) is 9.04. The molecular weight excluding hydrogens is 347 g/mol. The Labute approximate surface area is 157 Å². The van der Waals surface area contributed by atoms with Crippen LogP contribution in [0, 0.1) is 11.7 Å². The quantitative estimate of drug-likeness (QED) is 0.849. The van der Waals surface area contributed by atoms with Crippen LogP contribution in [0.4, 0.5) is 4.39 Å². The molecule has 142 valence electrons. The Morgan fingerprint density at radius 2 is 1.81 bits per heavy atom. The molecule has 0 saturated heterocycles. The minimum Gasteiger partial charge on any atom is -0.493 e. The van der Waals surface area contributed by atoms with E-state index in [2.05, 4.69) is 10.6 Å². The van der Waals surface area contributed by atoms with Crippen LogP contribution in [0.25, 0.3) is 0 Å². The predicted molar refractivity (Wildman–Crippen MR) is 99.9 cm³/mol. The van der Waals surface area contributed by atoms with Crippen LogP contribution in [0.5, 0.6) is 5.75 Å². The van der Waals surface area contributed by atoms with Gasteiger partial charge in [-0.05, 0) is 36.2 Å². The van der Waals surface area contributed by atoms with Gasteiger partial charge in [0.2, 0.25) is 5.91 Å². The molecule has 2 aromatic carbocycles. The fraction of sp³-hybridized carbons (Fsp3) is 0.333. The molecule has 3 rings (SSSR count). The molecule has 0 aliphatic carbocycles. The van der Waals surface area contributed by atoms with Gasteiger partial charge in [0, 0.05) is 17.5 Å². The maximum Gasteiger partial charge on any atom is 0.251 e. The molecule has 1 aliphatic heterocycles. The second kappa shape index (κ2) is 8.20. The van der Waals surface area contributed by atoms with Crippen LogP contribution in [-0.2, 0) is 4.79 Å². The lowest BCUT2D eigenvalue weighted by Gasteiger charge is -2.29. The van der Waals surface area contributed by atoms with E-state index in [1.807, 2.05) is 38.1 Å². The molecule has 27 heavy (non-hydrogen) atoms. The van der Waals surface area contributed by atoms with Crippen molar-refractivity contribution in [3.63, 3.8) is 0 Å². The van der Waals surface area contributed by atoms with Crippen LogP contribution >= 0.6 is 0 Å². The summed E-state index contributed by atoms with van der Waals surface area (Å²) in [5.41, 5.74) is 1.25. The summed E-state index contributed by atoms with van der Waals surface area (Å²) in [5.74, 6) is -0.406. The van der Waals surface area contributed by atoms with Crippen molar-refractivity contribution < 1.29 is 18.7 Å². The van der Waals surface area contributed by atoms with Crippen LogP contribution < -0.4 is 15.4 Å². The summed E-state index contributed by atoms with van der Waals surface area (Å²) >= 11 is 0. The first kappa shape index (κ1) is 18.9. The molecule has 2 N–H and O–H groups in total. The van der Waals surface area contributed by atoms with Crippen molar-refractivity contribution in [1.29, 1.82) is 0 Å². The first-order chi connectivity index (χ1) is 13.0. The molecule has 0 fully saturated rings. The van der Waals surface area contributed by atoms with E-state index >= 15 is 0 Å². The largest absolute Gasteiger partial charge is 0.493 e. The SMILES string of the molecule is CC(C)[C@H](NC(=O)c1ccc(F)cc1)C(=O)N[C@@H]1CCOc2ccccc21. The summed E-state index contributed by atoms with van der Waals surface area (Å²) in [7, 11) is 0. The maximum absolute atomic E-state index is 13.0. The molecule has 2 atom stereocenters. The highest BCUT2D eigenvalue weighted by atomic mass is 19.1. The van der Waals surface area contributed by atoms with E-state index in [0.717, 1.165) is 11.3 Å². The van der Waals surface area contributed by atoms with Gasteiger partial charge in [-0.3, -0.25) is 9.59 Å². The second-order valence-corrected chi connectivity index (χ2v) is 6.94. The minimum atomic E-state index is -0.697. The van der Waals surface area contributed by atoms with Gasteiger partial charge in [-0.2, -0.15) is 0 Å². The average Bonchev–Trinajstić information content (AvgIpc) is 2.66. The van der Waals surface area contributed by atoms with Gasteiger partial charge in [0.15, 0.2) is 0 Å². The number of rotatable bonds is 5. The Morgan fingerprint density at radius 3 is 2.52 bits per heavy atom. The predicted octanol–water partition coefficient (Wildman–Crippen LogP) is 3.22. The number of para-hydroxylation sites is 1. The monoisotopic (exact) mass is 370 g/mol. The summed E-state index contributed by atoms with van der Waals surface area (Å²) in [6.07, 6.45) is 0.666. The molecule has 2 amide bonds. The van der Waals surface area contributed by atoms with Crippen molar-refractivity contribution >= 4 is 11.8 Å². The molecule has 0 aromatic heterocycles. The fourth-order valence-electron chi connectivity index (χ4n) is 3.11. The Morgan fingerprint density at radius 1 is 1.11 bits per heavy atom. The fourth-order valence-corrected chi connectivity index (χ4v) is 3.11. The van der Waals surface area contributed by atoms with Gasteiger partial charge < -0.3 is 15.4 Å². The summed E-state index contributed by atoms with van der Waals surface area (Å²) in [6.45, 7) is 4.26. The number of ether oxygens (including phenoxy) is 1. The van der Waals surface area contributed by atoms with Gasteiger partial charge >= 0.3 is 0 Å². The summed E-state index contributed by atoms with van der Waals surface area (Å²) in [6, 6.07) is 12.0. The van der Waals surface area contributed by atoms with E-state index in [0.29, 0.717) is 18.6 Å². The van der Waals surface area contributed by atoms with Crippen LogP contribution in [-0.4, -0.2) is 24.5 Å². The van der Waals surface area contributed by atoms with Gasteiger partial charge in [-0.25, -0.2) is 4.39 Å². The normalized spacial score (nSPS) is 16.8. The van der Waals surface area contributed by atoms with Crippen molar-refractivity contribution in [2.45, 2.75) is 32.4 Å². The molecule has 0 bridgehead atoms. The lowest BCUT2D eigenvalue weighted by Crippen LogP contribution is -2.50. The summed E-state index contributed by atoms with van der Waals surface area (Å²) in [4.78, 5) is 25.3. The lowest BCUT2D eigenvalue weighted by atomic mass is 9.98. The Hall–Kier alpha value is -2.89. The smallest absolute Gasteiger partial charge is 0.251 e. The molecule has 0 spiro atoms. The van der Waals surface area contributed by atoms with E-state index in [1.165, 1.54) is 24.3 Å². The standard InChI is InChI=1S/C21H23FN2O3/c1-13(2)19(24-20(25)14-7-9-15(22)10-8-14)21(26)23-17-11-12-27-18-6-4-3-5-16(17)18/h3-10,13,17,19H,11-12H2,1-2H3,(H,23,26)(H,24,25)/t17-,19+/m1/s1. The maximum atomic E-state index is 13.0. The average molecular weight is 370 g/mol. The highest BCUT2D eigenvalue weighted by Crippen LogP contribution is 2.31. The van der Waals surface area contributed by atoms with Gasteiger partial charge in [0.1, 0.15) is 17.6 Å². The number of amides is 2. The zero-order chi connectivity index (χ0) is 19.4. The Kier molecular flexibility index (Phi) is 5.74. The second-order valence-electron chi connectivity index (χ2n) is 6.94. The highest BCUT2D eigenvalue weighted by Gasteiger charge is 2.29. The molecule has 2 aromatic rings. The van der Waals surface area contributed by atoms with Crippen molar-refractivity contribution in [1.82, 2.24) is 10.6 Å². The Balaban J connectivity index is 1.71. The zero-order valence-corrected chi connectivity index (χ0v) is 15.4. The van der Waals surface area contributed by atoms with Crippen LogP contribution in [0.1, 0.15) is 42.2 Å². The van der Waals surface area contributed by atoms with E-state index in [9.17, 15) is 14.0 Å². The number of hydrogen-bond donors (Lipinski definition) is 2. The first-order valence-corrected chi connectivity index (χ1v) is 9.04. The number of carbonyl (C=O) groups excluding carboxylic acids is 2. The number of carbonyl (C=O) groups is 2. The number of halogens is 1. The van der Waals surface area contributed by atoms with E-state index in [-0.39, 0.29) is 17.9 Å². The van der Waals surface area contributed by atoms with Gasteiger partial charge in [-0.15, -0.1) is 0 Å². The van der Waals surface area contributed by atoms with Crippen molar-refractivity contribution in [2.24, 2.45) is 5.92 Å². The van der Waals surface area contributed by atoms with Crippen molar-refractivity contribution in [3.05, 3.63) is 65.5 Å². The van der Waals surface area contributed by atoms with Crippen molar-refractivity contribution in [2.75, 3.05) is 6.61 Å². The van der Waals surface area contributed by atoms with E-state index in [1.54, 1.807) is 0 Å². The van der Waals surface area contributed by atoms with Gasteiger partial charge in [-0.1, -0.05) is 32.0 Å². The number of nitrogens with one attached hydrogen (secondary N) is 2. The number of hydrogen-bond acceptors (Lipinski definition) is 3. The molecular formula is C21H23FN2O3. The summed E-state index contributed by atoms with van der Waals surface area (Å²) < 4.78 is 18.7. The van der Waals surface area contributed by atoms with Crippen molar-refractivity contribution in [3.8, 4) is 5.75 Å². The minimum absolute atomic E-state index is 0.107. The van der Waals surface area contributed by atoms with Gasteiger partial charge in [0.05, 0.1) is 12.6 Å². The number of fused-ring (bicyclic) bond motifs is 1. The molecule has 0 radical (unpaired) electrons. The third kappa shape index (κ3) is 4.45. The van der Waals surface area contributed by atoms with Gasteiger partial charge in [0.25, 0.3) is 5.91 Å². The zero-order valence-electron chi connectivity index (χ0n) is 15.4. The third-order valence-corrected chi connectivity index (χ3v) is 4.62. The molecule has 1 aliphatic rings.